The number of hydrogen-bond donors (Lipinski definition) is 2. The molecule has 7 heteroatoms. The van der Waals surface area contributed by atoms with Gasteiger partial charge in [-0.2, -0.15) is 4.98 Å². The number of nitrogens with zero attached hydrogens (tertiary/aromatic N) is 4. The van der Waals surface area contributed by atoms with Crippen molar-refractivity contribution in [2.24, 2.45) is 0 Å². The molecule has 0 fully saturated rings. The minimum Gasteiger partial charge on any atom is -0.366 e. The van der Waals surface area contributed by atoms with Gasteiger partial charge in [0.25, 0.3) is 5.91 Å². The SMILES string of the molecule is CCCN(CCN(C)C)C(=O)c1nc(N)n[nH]1. The molecule has 1 aromatic heterocycles. The van der Waals surface area contributed by atoms with Crippen LogP contribution >= 0.6 is 0 Å². The van der Waals surface area contributed by atoms with E-state index < -0.39 is 0 Å². The van der Waals surface area contributed by atoms with Gasteiger partial charge in [0.1, 0.15) is 0 Å². The molecule has 1 amide bonds. The summed E-state index contributed by atoms with van der Waals surface area (Å²) in [7, 11) is 3.95. The second-order valence-corrected chi connectivity index (χ2v) is 4.14. The normalized spacial score (nSPS) is 10.8. The lowest BCUT2D eigenvalue weighted by Gasteiger charge is -2.22. The Morgan fingerprint density at radius 1 is 1.35 bits per heavy atom. The minimum atomic E-state index is -0.155. The van der Waals surface area contributed by atoms with Crippen LogP contribution in [0.3, 0.4) is 0 Å². The first-order chi connectivity index (χ1) is 8.04. The lowest BCUT2D eigenvalue weighted by Crippen LogP contribution is -2.37. The predicted molar refractivity (Wildman–Crippen MR) is 65.5 cm³/mol. The fourth-order valence-corrected chi connectivity index (χ4v) is 1.43. The van der Waals surface area contributed by atoms with Gasteiger partial charge < -0.3 is 15.5 Å². The van der Waals surface area contributed by atoms with Gasteiger partial charge in [-0.25, -0.2) is 0 Å². The number of rotatable bonds is 6. The van der Waals surface area contributed by atoms with Crippen LogP contribution in [-0.2, 0) is 0 Å². The summed E-state index contributed by atoms with van der Waals surface area (Å²) in [6.45, 7) is 4.22. The van der Waals surface area contributed by atoms with Crippen LogP contribution in [0.4, 0.5) is 5.95 Å². The van der Waals surface area contributed by atoms with Crippen molar-refractivity contribution in [1.82, 2.24) is 25.0 Å². The quantitative estimate of drug-likeness (QED) is 0.718. The van der Waals surface area contributed by atoms with Gasteiger partial charge in [0, 0.05) is 19.6 Å². The fraction of sp³-hybridized carbons (Fsp3) is 0.700. The first kappa shape index (κ1) is 13.4. The van der Waals surface area contributed by atoms with E-state index in [1.807, 2.05) is 25.9 Å². The third-order valence-corrected chi connectivity index (χ3v) is 2.30. The molecule has 0 aliphatic rings. The van der Waals surface area contributed by atoms with Crippen molar-refractivity contribution in [1.29, 1.82) is 0 Å². The maximum Gasteiger partial charge on any atom is 0.291 e. The van der Waals surface area contributed by atoms with E-state index in [0.29, 0.717) is 13.1 Å². The highest BCUT2D eigenvalue weighted by atomic mass is 16.2. The number of aromatic amines is 1. The molecular formula is C10H20N6O. The Hall–Kier alpha value is -1.63. The van der Waals surface area contributed by atoms with Crippen molar-refractivity contribution in [3.63, 3.8) is 0 Å². The molecule has 1 rings (SSSR count). The van der Waals surface area contributed by atoms with Crippen LogP contribution in [-0.4, -0.2) is 64.6 Å². The van der Waals surface area contributed by atoms with Crippen molar-refractivity contribution in [2.45, 2.75) is 13.3 Å². The van der Waals surface area contributed by atoms with Crippen LogP contribution in [0, 0.1) is 0 Å². The summed E-state index contributed by atoms with van der Waals surface area (Å²) in [6, 6.07) is 0. The topological polar surface area (TPSA) is 91.1 Å². The fourth-order valence-electron chi connectivity index (χ4n) is 1.43. The molecule has 0 aliphatic carbocycles. The predicted octanol–water partition coefficient (Wildman–Crippen LogP) is -0.199. The Bertz CT molecular complexity index is 361. The average molecular weight is 240 g/mol. The molecule has 7 nitrogen and oxygen atoms in total. The highest BCUT2D eigenvalue weighted by molar-refractivity contribution is 5.90. The van der Waals surface area contributed by atoms with E-state index >= 15 is 0 Å². The van der Waals surface area contributed by atoms with E-state index in [4.69, 9.17) is 5.73 Å². The second kappa shape index (κ2) is 6.19. The summed E-state index contributed by atoms with van der Waals surface area (Å²) in [4.78, 5) is 19.7. The molecule has 3 N–H and O–H groups in total. The van der Waals surface area contributed by atoms with Crippen molar-refractivity contribution in [3.05, 3.63) is 5.82 Å². The zero-order valence-electron chi connectivity index (χ0n) is 10.6. The van der Waals surface area contributed by atoms with Crippen molar-refractivity contribution >= 4 is 11.9 Å². The molecule has 0 bridgehead atoms. The lowest BCUT2D eigenvalue weighted by molar-refractivity contribution is 0.0733. The number of aromatic nitrogens is 3. The minimum absolute atomic E-state index is 0.0948. The first-order valence-corrected chi connectivity index (χ1v) is 5.66. The van der Waals surface area contributed by atoms with Gasteiger partial charge in [-0.15, -0.1) is 5.10 Å². The summed E-state index contributed by atoms with van der Waals surface area (Å²) in [5.74, 6) is 0.144. The summed E-state index contributed by atoms with van der Waals surface area (Å²) in [5.41, 5.74) is 5.38. The van der Waals surface area contributed by atoms with Crippen molar-refractivity contribution in [2.75, 3.05) is 39.5 Å². The molecule has 0 saturated carbocycles. The van der Waals surface area contributed by atoms with Crippen LogP contribution in [0.5, 0.6) is 0 Å². The molecule has 1 heterocycles. The molecule has 1 aromatic rings. The van der Waals surface area contributed by atoms with Crippen LogP contribution in [0.15, 0.2) is 0 Å². The number of hydrogen-bond acceptors (Lipinski definition) is 5. The van der Waals surface area contributed by atoms with Crippen LogP contribution in [0.1, 0.15) is 24.0 Å². The Morgan fingerprint density at radius 2 is 2.06 bits per heavy atom. The highest BCUT2D eigenvalue weighted by Crippen LogP contribution is 2.02. The van der Waals surface area contributed by atoms with Crippen LogP contribution in [0.25, 0.3) is 0 Å². The van der Waals surface area contributed by atoms with E-state index in [1.54, 1.807) is 4.90 Å². The Balaban J connectivity index is 2.66. The van der Waals surface area contributed by atoms with Gasteiger partial charge in [-0.05, 0) is 20.5 Å². The average Bonchev–Trinajstić information content (AvgIpc) is 2.70. The third-order valence-electron chi connectivity index (χ3n) is 2.30. The molecule has 0 aromatic carbocycles. The summed E-state index contributed by atoms with van der Waals surface area (Å²) in [6.07, 6.45) is 0.906. The number of nitrogens with one attached hydrogen (secondary N) is 1. The van der Waals surface area contributed by atoms with Gasteiger partial charge in [0.15, 0.2) is 0 Å². The first-order valence-electron chi connectivity index (χ1n) is 5.66. The van der Waals surface area contributed by atoms with Gasteiger partial charge in [-0.3, -0.25) is 9.89 Å². The van der Waals surface area contributed by atoms with Crippen molar-refractivity contribution in [3.8, 4) is 0 Å². The van der Waals surface area contributed by atoms with E-state index in [1.165, 1.54) is 0 Å². The Morgan fingerprint density at radius 3 is 2.53 bits per heavy atom. The standard InChI is InChI=1S/C10H20N6O/c1-4-5-16(7-6-15(2)3)9(17)8-12-10(11)14-13-8/h4-7H2,1-3H3,(H3,11,12,13,14). The molecule has 0 spiro atoms. The van der Waals surface area contributed by atoms with Gasteiger partial charge >= 0.3 is 0 Å². The maximum absolute atomic E-state index is 12.1. The van der Waals surface area contributed by atoms with Gasteiger partial charge in [0.05, 0.1) is 0 Å². The van der Waals surface area contributed by atoms with Gasteiger partial charge in [-0.1, -0.05) is 6.92 Å². The number of nitrogens with two attached hydrogens (primary N) is 1. The molecule has 0 aliphatic heterocycles. The largest absolute Gasteiger partial charge is 0.366 e. The molecule has 17 heavy (non-hydrogen) atoms. The summed E-state index contributed by atoms with van der Waals surface area (Å²) < 4.78 is 0. The third kappa shape index (κ3) is 4.03. The van der Waals surface area contributed by atoms with Crippen LogP contribution in [0.2, 0.25) is 0 Å². The summed E-state index contributed by atoms with van der Waals surface area (Å²) in [5, 5.41) is 6.20. The van der Waals surface area contributed by atoms with Crippen molar-refractivity contribution < 1.29 is 4.79 Å². The zero-order chi connectivity index (χ0) is 12.8. The number of carbonyl (C=O) groups is 1. The van der Waals surface area contributed by atoms with E-state index in [0.717, 1.165) is 13.0 Å². The number of nitrogen functional groups attached to an aromatic ring is 1. The number of H-pyrrole nitrogens is 1. The monoisotopic (exact) mass is 240 g/mol. The number of carbonyl (C=O) groups excluding carboxylic acids is 1. The molecular weight excluding hydrogens is 220 g/mol. The molecule has 0 radical (unpaired) electrons. The molecule has 0 atom stereocenters. The highest BCUT2D eigenvalue weighted by Gasteiger charge is 2.18. The second-order valence-electron chi connectivity index (χ2n) is 4.14. The van der Waals surface area contributed by atoms with Gasteiger partial charge in [0.2, 0.25) is 11.8 Å². The van der Waals surface area contributed by atoms with E-state index in [2.05, 4.69) is 15.2 Å². The van der Waals surface area contributed by atoms with E-state index in [-0.39, 0.29) is 17.7 Å². The molecule has 0 saturated heterocycles. The molecule has 0 unspecified atom stereocenters. The number of amides is 1. The maximum atomic E-state index is 12.1. The van der Waals surface area contributed by atoms with Crippen LogP contribution < -0.4 is 5.73 Å². The Kier molecular flexibility index (Phi) is 4.89. The lowest BCUT2D eigenvalue weighted by atomic mass is 10.3. The zero-order valence-corrected chi connectivity index (χ0v) is 10.6. The Labute approximate surface area is 101 Å². The number of likely N-dealkylation sites (N-methyl/N-ethyl adjacent to an activating group) is 1. The summed E-state index contributed by atoms with van der Waals surface area (Å²) >= 11 is 0. The smallest absolute Gasteiger partial charge is 0.291 e. The molecule has 96 valence electrons. The number of anilines is 1. The van der Waals surface area contributed by atoms with E-state index in [9.17, 15) is 4.79 Å².